The van der Waals surface area contributed by atoms with Crippen molar-refractivity contribution in [3.05, 3.63) is 66.2 Å². The predicted molar refractivity (Wildman–Crippen MR) is 99.1 cm³/mol. The van der Waals surface area contributed by atoms with Crippen molar-refractivity contribution >= 4 is 27.6 Å². The summed E-state index contributed by atoms with van der Waals surface area (Å²) >= 11 is 0. The third kappa shape index (κ3) is 2.62. The number of hydrogen-bond acceptors (Lipinski definition) is 2. The van der Waals surface area contributed by atoms with Crippen LogP contribution in [0.1, 0.15) is 5.56 Å². The van der Waals surface area contributed by atoms with Gasteiger partial charge in [0.1, 0.15) is 5.75 Å². The second-order valence-corrected chi connectivity index (χ2v) is 5.99. The standard InChI is InChI=1S/C21H17NO3/c1-25-14-9-10-19-17(11-14)18(12-20(23)24)21(22-19)16-8-4-6-13-5-2-3-7-15(13)16/h2-11,22H,12H2,1H3,(H,23,24). The van der Waals surface area contributed by atoms with Crippen LogP contribution in [0.2, 0.25) is 0 Å². The van der Waals surface area contributed by atoms with Crippen LogP contribution in [0.3, 0.4) is 0 Å². The fourth-order valence-electron chi connectivity index (χ4n) is 3.36. The minimum absolute atomic E-state index is 0.0499. The Balaban J connectivity index is 2.04. The molecule has 4 heteroatoms. The number of aliphatic carboxylic acids is 1. The molecule has 0 saturated heterocycles. The minimum atomic E-state index is -0.856. The maximum absolute atomic E-state index is 11.5. The average molecular weight is 331 g/mol. The first-order valence-electron chi connectivity index (χ1n) is 8.06. The number of carboxylic acid groups (broad SMARTS) is 1. The van der Waals surface area contributed by atoms with Crippen molar-refractivity contribution in [2.24, 2.45) is 0 Å². The Morgan fingerprint density at radius 3 is 2.64 bits per heavy atom. The molecule has 25 heavy (non-hydrogen) atoms. The summed E-state index contributed by atoms with van der Waals surface area (Å²) in [7, 11) is 1.61. The van der Waals surface area contributed by atoms with E-state index in [-0.39, 0.29) is 6.42 Å². The van der Waals surface area contributed by atoms with Crippen molar-refractivity contribution < 1.29 is 14.6 Å². The van der Waals surface area contributed by atoms with E-state index in [1.54, 1.807) is 7.11 Å². The van der Waals surface area contributed by atoms with E-state index in [1.165, 1.54) is 0 Å². The molecule has 0 aliphatic rings. The van der Waals surface area contributed by atoms with Crippen LogP contribution in [0.15, 0.2) is 60.7 Å². The van der Waals surface area contributed by atoms with Crippen molar-refractivity contribution in [3.8, 4) is 17.0 Å². The van der Waals surface area contributed by atoms with E-state index in [0.29, 0.717) is 5.75 Å². The summed E-state index contributed by atoms with van der Waals surface area (Å²) in [6.07, 6.45) is -0.0499. The first-order chi connectivity index (χ1) is 12.2. The maximum Gasteiger partial charge on any atom is 0.307 e. The number of benzene rings is 3. The second kappa shape index (κ2) is 5.98. The number of carbonyl (C=O) groups is 1. The Hall–Kier alpha value is -3.27. The molecule has 0 aliphatic carbocycles. The molecule has 0 fully saturated rings. The van der Waals surface area contributed by atoms with Gasteiger partial charge in [-0.2, -0.15) is 0 Å². The van der Waals surface area contributed by atoms with Gasteiger partial charge < -0.3 is 14.8 Å². The Kier molecular flexibility index (Phi) is 3.65. The molecule has 124 valence electrons. The summed E-state index contributed by atoms with van der Waals surface area (Å²) in [5.74, 6) is -0.146. The topological polar surface area (TPSA) is 62.3 Å². The highest BCUT2D eigenvalue weighted by atomic mass is 16.5. The molecule has 3 aromatic carbocycles. The Morgan fingerprint density at radius 1 is 1.04 bits per heavy atom. The van der Waals surface area contributed by atoms with Crippen molar-refractivity contribution in [2.45, 2.75) is 6.42 Å². The van der Waals surface area contributed by atoms with Crippen LogP contribution in [-0.4, -0.2) is 23.2 Å². The average Bonchev–Trinajstić information content (AvgIpc) is 2.98. The van der Waals surface area contributed by atoms with Gasteiger partial charge in [0.15, 0.2) is 0 Å². The molecule has 4 nitrogen and oxygen atoms in total. The molecule has 0 saturated carbocycles. The highest BCUT2D eigenvalue weighted by molar-refractivity contribution is 6.02. The SMILES string of the molecule is COc1ccc2[nH]c(-c3cccc4ccccc34)c(CC(=O)O)c2c1. The molecule has 0 radical (unpaired) electrons. The predicted octanol–water partition coefficient (Wildman–Crippen LogP) is 4.62. The molecule has 0 spiro atoms. The molecule has 0 aliphatic heterocycles. The zero-order chi connectivity index (χ0) is 17.4. The zero-order valence-corrected chi connectivity index (χ0v) is 13.7. The van der Waals surface area contributed by atoms with E-state index in [4.69, 9.17) is 4.74 Å². The van der Waals surface area contributed by atoms with Gasteiger partial charge in [0.2, 0.25) is 0 Å². The molecule has 2 N–H and O–H groups in total. The van der Waals surface area contributed by atoms with Crippen molar-refractivity contribution in [1.29, 1.82) is 0 Å². The van der Waals surface area contributed by atoms with Gasteiger partial charge in [-0.15, -0.1) is 0 Å². The van der Waals surface area contributed by atoms with Crippen LogP contribution in [-0.2, 0) is 11.2 Å². The molecule has 4 rings (SSSR count). The van der Waals surface area contributed by atoms with Crippen LogP contribution in [0, 0.1) is 0 Å². The minimum Gasteiger partial charge on any atom is -0.497 e. The van der Waals surface area contributed by atoms with E-state index in [0.717, 1.165) is 38.5 Å². The number of rotatable bonds is 4. The summed E-state index contributed by atoms with van der Waals surface area (Å²) < 4.78 is 5.31. The van der Waals surface area contributed by atoms with Crippen LogP contribution in [0.25, 0.3) is 32.9 Å². The third-order valence-corrected chi connectivity index (χ3v) is 4.50. The van der Waals surface area contributed by atoms with Crippen LogP contribution in [0.5, 0.6) is 5.75 Å². The van der Waals surface area contributed by atoms with E-state index in [1.807, 2.05) is 42.5 Å². The Morgan fingerprint density at radius 2 is 1.84 bits per heavy atom. The van der Waals surface area contributed by atoms with E-state index in [2.05, 4.69) is 23.2 Å². The quantitative estimate of drug-likeness (QED) is 0.573. The van der Waals surface area contributed by atoms with Gasteiger partial charge in [0.25, 0.3) is 0 Å². The fraction of sp³-hybridized carbons (Fsp3) is 0.0952. The van der Waals surface area contributed by atoms with Gasteiger partial charge in [-0.3, -0.25) is 4.79 Å². The zero-order valence-electron chi connectivity index (χ0n) is 13.7. The normalized spacial score (nSPS) is 11.1. The monoisotopic (exact) mass is 331 g/mol. The lowest BCUT2D eigenvalue weighted by Crippen LogP contribution is -2.01. The van der Waals surface area contributed by atoms with Gasteiger partial charge in [0, 0.05) is 16.5 Å². The number of fused-ring (bicyclic) bond motifs is 2. The smallest absolute Gasteiger partial charge is 0.307 e. The van der Waals surface area contributed by atoms with Gasteiger partial charge in [-0.05, 0) is 34.5 Å². The number of aromatic nitrogens is 1. The number of ether oxygens (including phenoxy) is 1. The number of methoxy groups -OCH3 is 1. The third-order valence-electron chi connectivity index (χ3n) is 4.50. The summed E-state index contributed by atoms with van der Waals surface area (Å²) in [5, 5.41) is 12.5. The van der Waals surface area contributed by atoms with Crippen molar-refractivity contribution in [2.75, 3.05) is 7.11 Å². The first kappa shape index (κ1) is 15.3. The number of aromatic amines is 1. The summed E-state index contributed by atoms with van der Waals surface area (Å²) in [6.45, 7) is 0. The summed E-state index contributed by atoms with van der Waals surface area (Å²) in [5.41, 5.74) is 3.53. The van der Waals surface area contributed by atoms with Crippen LogP contribution in [0.4, 0.5) is 0 Å². The molecule has 1 heterocycles. The van der Waals surface area contributed by atoms with Gasteiger partial charge in [-0.25, -0.2) is 0 Å². The number of H-pyrrole nitrogens is 1. The Labute approximate surface area is 144 Å². The fourth-order valence-corrected chi connectivity index (χ4v) is 3.36. The van der Waals surface area contributed by atoms with Crippen LogP contribution >= 0.6 is 0 Å². The lowest BCUT2D eigenvalue weighted by atomic mass is 9.97. The summed E-state index contributed by atoms with van der Waals surface area (Å²) in [6, 6.07) is 19.9. The number of hydrogen-bond donors (Lipinski definition) is 2. The molecule has 0 amide bonds. The molecule has 0 bridgehead atoms. The first-order valence-corrected chi connectivity index (χ1v) is 8.06. The van der Waals surface area contributed by atoms with Crippen molar-refractivity contribution in [3.63, 3.8) is 0 Å². The largest absolute Gasteiger partial charge is 0.497 e. The molecule has 0 atom stereocenters. The van der Waals surface area contributed by atoms with Crippen LogP contribution < -0.4 is 4.74 Å². The lowest BCUT2D eigenvalue weighted by Gasteiger charge is -2.07. The lowest BCUT2D eigenvalue weighted by molar-refractivity contribution is -0.136. The molecular formula is C21H17NO3. The molecular weight excluding hydrogens is 314 g/mol. The van der Waals surface area contributed by atoms with Gasteiger partial charge >= 0.3 is 5.97 Å². The summed E-state index contributed by atoms with van der Waals surface area (Å²) in [4.78, 5) is 14.9. The maximum atomic E-state index is 11.5. The van der Waals surface area contributed by atoms with E-state index < -0.39 is 5.97 Å². The van der Waals surface area contributed by atoms with Crippen molar-refractivity contribution in [1.82, 2.24) is 4.98 Å². The number of nitrogens with one attached hydrogen (secondary N) is 1. The molecule has 4 aromatic rings. The van der Waals surface area contributed by atoms with Gasteiger partial charge in [-0.1, -0.05) is 42.5 Å². The van der Waals surface area contributed by atoms with E-state index >= 15 is 0 Å². The molecule has 1 aromatic heterocycles. The van der Waals surface area contributed by atoms with E-state index in [9.17, 15) is 9.90 Å². The number of carboxylic acids is 1. The highest BCUT2D eigenvalue weighted by Gasteiger charge is 2.18. The highest BCUT2D eigenvalue weighted by Crippen LogP contribution is 2.36. The second-order valence-electron chi connectivity index (χ2n) is 5.99. The van der Waals surface area contributed by atoms with Gasteiger partial charge in [0.05, 0.1) is 19.2 Å². The Bertz CT molecular complexity index is 1090. The molecule has 0 unspecified atom stereocenters.